The molecule has 5 heteroatoms. The summed E-state index contributed by atoms with van der Waals surface area (Å²) in [6, 6.07) is 0. The number of rotatable bonds is 3. The molecule has 77 valence electrons. The molecule has 1 rings (SSSR count). The fraction of sp³-hybridized carbons (Fsp3) is 0.875. The van der Waals surface area contributed by atoms with Crippen molar-refractivity contribution < 1.29 is 17.0 Å². The maximum absolute atomic E-state index is 12.8. The molecular weight excluding hydrogens is 195 g/mol. The molecule has 1 radical (unpaired) electrons. The number of hydrogen-bond donors (Lipinski definition) is 1. The highest BCUT2D eigenvalue weighted by Gasteiger charge is 2.27. The number of thiol groups is 1. The lowest BCUT2D eigenvalue weighted by molar-refractivity contribution is 0.142. The number of alkyl halides is 1. The Morgan fingerprint density at radius 1 is 1.46 bits per heavy atom. The predicted octanol–water partition coefficient (Wildman–Crippen LogP) is 1.47. The topological polar surface area (TPSA) is 43.4 Å². The third-order valence-corrected chi connectivity index (χ3v) is 2.79. The molecule has 3 unspecified atom stereocenters. The van der Waals surface area contributed by atoms with E-state index in [1.165, 1.54) is 6.61 Å². The van der Waals surface area contributed by atoms with E-state index >= 15 is 0 Å². The van der Waals surface area contributed by atoms with E-state index in [4.69, 9.17) is 0 Å². The van der Waals surface area contributed by atoms with Crippen LogP contribution in [-0.2, 0) is 15.2 Å². The molecule has 3 nitrogen and oxygen atoms in total. The Balaban J connectivity index is 2.33. The molecule has 0 aromatic heterocycles. The van der Waals surface area contributed by atoms with Gasteiger partial charge in [0, 0.05) is 0 Å². The molecule has 0 heterocycles. The average Bonchev–Trinajstić information content (AvgIpc) is 2.02. The summed E-state index contributed by atoms with van der Waals surface area (Å²) in [5.74, 6) is 0.235. The molecular formula is C8H14FO3S. The van der Waals surface area contributed by atoms with Gasteiger partial charge in [0.1, 0.15) is 12.8 Å². The van der Waals surface area contributed by atoms with Crippen LogP contribution < -0.4 is 0 Å². The summed E-state index contributed by atoms with van der Waals surface area (Å²) < 4.78 is 37.5. The molecule has 0 aromatic carbocycles. The van der Waals surface area contributed by atoms with Crippen molar-refractivity contribution in [2.45, 2.75) is 32.4 Å². The maximum atomic E-state index is 12.8. The summed E-state index contributed by atoms with van der Waals surface area (Å²) in [6.45, 7) is 3.23. The lowest BCUT2D eigenvalue weighted by Gasteiger charge is -2.29. The first-order chi connectivity index (χ1) is 6.09. The molecule has 0 aliphatic heterocycles. The van der Waals surface area contributed by atoms with E-state index in [2.05, 4.69) is 4.18 Å². The quantitative estimate of drug-likeness (QED) is 0.716. The fourth-order valence-electron chi connectivity index (χ4n) is 1.68. The minimum absolute atomic E-state index is 0.0694. The van der Waals surface area contributed by atoms with Gasteiger partial charge in [-0.25, -0.2) is 12.8 Å². The average molecular weight is 209 g/mol. The molecule has 0 aromatic rings. The Labute approximate surface area is 79.4 Å². The molecule has 0 saturated heterocycles. The van der Waals surface area contributed by atoms with Gasteiger partial charge in [0.2, 0.25) is 0 Å². The van der Waals surface area contributed by atoms with Crippen LogP contribution >= 0.6 is 0 Å². The monoisotopic (exact) mass is 209 g/mol. The zero-order valence-electron chi connectivity index (χ0n) is 7.48. The van der Waals surface area contributed by atoms with E-state index in [1.54, 1.807) is 0 Å². The van der Waals surface area contributed by atoms with Crippen LogP contribution in [0.3, 0.4) is 0 Å². The molecule has 0 bridgehead atoms. The van der Waals surface area contributed by atoms with Gasteiger partial charge < -0.3 is 0 Å². The zero-order chi connectivity index (χ0) is 9.84. The van der Waals surface area contributed by atoms with Crippen molar-refractivity contribution in [1.29, 1.82) is 0 Å². The van der Waals surface area contributed by atoms with Crippen LogP contribution in [0.15, 0.2) is 0 Å². The first-order valence-corrected chi connectivity index (χ1v) is 5.47. The molecule has 1 aliphatic carbocycles. The summed E-state index contributed by atoms with van der Waals surface area (Å²) in [5.41, 5.74) is 0. The predicted molar refractivity (Wildman–Crippen MR) is 47.1 cm³/mol. The Kier molecular flexibility index (Phi) is 4.12. The second-order valence-corrected chi connectivity index (χ2v) is 4.17. The van der Waals surface area contributed by atoms with E-state index in [0.29, 0.717) is 19.3 Å². The lowest BCUT2D eigenvalue weighted by atomic mass is 9.80. The van der Waals surface area contributed by atoms with E-state index in [1.807, 2.05) is 6.92 Å². The molecule has 13 heavy (non-hydrogen) atoms. The minimum Gasteiger partial charge on any atom is -0.266 e. The SMILES string of the molecule is CC1CC(F)CCC1[CH]O[SH](=O)=O. The maximum Gasteiger partial charge on any atom is 0.257 e. The first-order valence-electron chi connectivity index (χ1n) is 4.38. The largest absolute Gasteiger partial charge is 0.266 e. The Morgan fingerprint density at radius 2 is 2.15 bits per heavy atom. The molecule has 1 aliphatic rings. The van der Waals surface area contributed by atoms with Crippen LogP contribution in [0.25, 0.3) is 0 Å². The van der Waals surface area contributed by atoms with Gasteiger partial charge >= 0.3 is 0 Å². The van der Waals surface area contributed by atoms with E-state index in [9.17, 15) is 12.8 Å². The standard InChI is InChI=1S/C8H14FO3S/c1-6-4-8(9)3-2-7(6)5-12-13(10)11/h5-8,13H,2-4H2,1H3. The summed E-state index contributed by atoms with van der Waals surface area (Å²) in [5, 5.41) is 0. The third kappa shape index (κ3) is 3.60. The smallest absolute Gasteiger partial charge is 0.257 e. The van der Waals surface area contributed by atoms with Crippen LogP contribution in [0, 0.1) is 18.4 Å². The van der Waals surface area contributed by atoms with E-state index < -0.39 is 17.2 Å². The molecule has 1 saturated carbocycles. The van der Waals surface area contributed by atoms with Crippen molar-refractivity contribution in [1.82, 2.24) is 0 Å². The van der Waals surface area contributed by atoms with E-state index in [0.717, 1.165) is 0 Å². The second kappa shape index (κ2) is 4.91. The van der Waals surface area contributed by atoms with Crippen LogP contribution in [0.2, 0.25) is 0 Å². The molecule has 1 fully saturated rings. The Morgan fingerprint density at radius 3 is 2.69 bits per heavy atom. The van der Waals surface area contributed by atoms with Gasteiger partial charge in [-0.1, -0.05) is 6.92 Å². The second-order valence-electron chi connectivity index (χ2n) is 3.52. The van der Waals surface area contributed by atoms with Gasteiger partial charge in [0.05, 0.1) is 0 Å². The number of hydrogen-bond acceptors (Lipinski definition) is 3. The summed E-state index contributed by atoms with van der Waals surface area (Å²) in [4.78, 5) is 0. The van der Waals surface area contributed by atoms with Gasteiger partial charge in [-0.3, -0.25) is 4.18 Å². The van der Waals surface area contributed by atoms with Gasteiger partial charge in [-0.15, -0.1) is 0 Å². The zero-order valence-corrected chi connectivity index (χ0v) is 8.38. The van der Waals surface area contributed by atoms with Crippen LogP contribution in [0.4, 0.5) is 4.39 Å². The highest BCUT2D eigenvalue weighted by atomic mass is 32.2. The van der Waals surface area contributed by atoms with Gasteiger partial charge in [0.15, 0.2) is 0 Å². The number of halogens is 1. The summed E-state index contributed by atoms with van der Waals surface area (Å²) >= 11 is 0. The third-order valence-electron chi connectivity index (χ3n) is 2.49. The Bertz CT molecular complexity index is 221. The first kappa shape index (κ1) is 10.9. The van der Waals surface area contributed by atoms with Crippen LogP contribution in [0.5, 0.6) is 0 Å². The lowest BCUT2D eigenvalue weighted by Crippen LogP contribution is -2.24. The van der Waals surface area contributed by atoms with Crippen molar-refractivity contribution in [2.24, 2.45) is 11.8 Å². The van der Waals surface area contributed by atoms with Crippen molar-refractivity contribution in [3.8, 4) is 0 Å². The molecule has 0 spiro atoms. The van der Waals surface area contributed by atoms with Crippen molar-refractivity contribution in [2.75, 3.05) is 0 Å². The summed E-state index contributed by atoms with van der Waals surface area (Å²) in [7, 11) is -2.80. The molecule has 0 N–H and O–H groups in total. The van der Waals surface area contributed by atoms with Gasteiger partial charge in [-0.2, -0.15) is 0 Å². The Hall–Kier alpha value is -0.160. The van der Waals surface area contributed by atoms with Crippen LogP contribution in [0.1, 0.15) is 26.2 Å². The fourth-order valence-corrected chi connectivity index (χ4v) is 1.94. The summed E-state index contributed by atoms with van der Waals surface area (Å²) in [6.07, 6.45) is 0.941. The van der Waals surface area contributed by atoms with Gasteiger partial charge in [0.25, 0.3) is 11.0 Å². The normalized spacial score (nSPS) is 35.2. The van der Waals surface area contributed by atoms with Crippen molar-refractivity contribution in [3.63, 3.8) is 0 Å². The highest BCUT2D eigenvalue weighted by molar-refractivity contribution is 7.67. The van der Waals surface area contributed by atoms with E-state index in [-0.39, 0.29) is 11.8 Å². The minimum atomic E-state index is -2.80. The molecule has 3 atom stereocenters. The highest BCUT2D eigenvalue weighted by Crippen LogP contribution is 2.33. The van der Waals surface area contributed by atoms with Gasteiger partial charge in [-0.05, 0) is 31.1 Å². The van der Waals surface area contributed by atoms with Crippen molar-refractivity contribution in [3.05, 3.63) is 6.61 Å². The molecule has 0 amide bonds. The van der Waals surface area contributed by atoms with Crippen LogP contribution in [-0.4, -0.2) is 14.6 Å². The van der Waals surface area contributed by atoms with Crippen molar-refractivity contribution >= 4 is 11.0 Å².